The summed E-state index contributed by atoms with van der Waals surface area (Å²) in [5, 5.41) is 0. The third kappa shape index (κ3) is 3.03. The van der Waals surface area contributed by atoms with Crippen LogP contribution in [0, 0.1) is 0 Å². The number of ether oxygens (including phenoxy) is 2. The van der Waals surface area contributed by atoms with E-state index in [-0.39, 0.29) is 6.10 Å². The van der Waals surface area contributed by atoms with Gasteiger partial charge in [-0.2, -0.15) is 0 Å². The highest BCUT2D eigenvalue weighted by atomic mass is 16.5. The van der Waals surface area contributed by atoms with Crippen LogP contribution in [0.1, 0.15) is 29.7 Å². The molecule has 1 heterocycles. The van der Waals surface area contributed by atoms with Gasteiger partial charge in [0, 0.05) is 0 Å². The van der Waals surface area contributed by atoms with E-state index in [1.807, 2.05) is 18.2 Å². The summed E-state index contributed by atoms with van der Waals surface area (Å²) in [6.07, 6.45) is 1.93. The summed E-state index contributed by atoms with van der Waals surface area (Å²) in [4.78, 5) is 0. The fraction of sp³-hybridized carbons (Fsp3) is 0.333. The van der Waals surface area contributed by atoms with Crippen molar-refractivity contribution in [2.45, 2.75) is 25.9 Å². The molecule has 0 saturated heterocycles. The third-order valence-corrected chi connectivity index (χ3v) is 3.97. The van der Waals surface area contributed by atoms with E-state index < -0.39 is 0 Å². The van der Waals surface area contributed by atoms with Gasteiger partial charge in [-0.15, -0.1) is 0 Å². The van der Waals surface area contributed by atoms with E-state index in [2.05, 4.69) is 31.2 Å². The van der Waals surface area contributed by atoms with Crippen molar-refractivity contribution in [2.24, 2.45) is 0 Å². The van der Waals surface area contributed by atoms with Crippen molar-refractivity contribution in [3.05, 3.63) is 59.2 Å². The lowest BCUT2D eigenvalue weighted by Crippen LogP contribution is -2.21. The molecule has 3 nitrogen and oxygen atoms in total. The van der Waals surface area contributed by atoms with Crippen LogP contribution in [0.25, 0.3) is 0 Å². The Morgan fingerprint density at radius 2 is 2.10 bits per heavy atom. The Hall–Kier alpha value is -2.00. The van der Waals surface area contributed by atoms with Gasteiger partial charge in [-0.1, -0.05) is 37.3 Å². The fourth-order valence-corrected chi connectivity index (χ4v) is 2.73. The number of aryl methyl sites for hydroxylation is 1. The molecule has 110 valence electrons. The van der Waals surface area contributed by atoms with Crippen molar-refractivity contribution in [3.8, 4) is 5.75 Å². The first-order valence-electron chi connectivity index (χ1n) is 7.48. The minimum absolute atomic E-state index is 0.0137. The molecule has 0 spiro atoms. The highest BCUT2D eigenvalue weighted by Crippen LogP contribution is 2.29. The van der Waals surface area contributed by atoms with Crippen LogP contribution in [0.2, 0.25) is 0 Å². The van der Waals surface area contributed by atoms with Crippen molar-refractivity contribution in [1.29, 1.82) is 0 Å². The van der Waals surface area contributed by atoms with E-state index in [9.17, 15) is 0 Å². The Labute approximate surface area is 125 Å². The molecule has 0 fully saturated rings. The highest BCUT2D eigenvalue weighted by Gasteiger charge is 2.21. The molecule has 3 rings (SSSR count). The predicted molar refractivity (Wildman–Crippen MR) is 84.6 cm³/mol. The Kier molecular flexibility index (Phi) is 4.11. The van der Waals surface area contributed by atoms with Gasteiger partial charge in [0.2, 0.25) is 0 Å². The first kappa shape index (κ1) is 14.0. The van der Waals surface area contributed by atoms with Crippen LogP contribution in [0.4, 0.5) is 5.69 Å². The number of hydrogen-bond donors (Lipinski definition) is 1. The molecule has 0 bridgehead atoms. The maximum atomic E-state index is 6.04. The molecule has 3 heteroatoms. The third-order valence-electron chi connectivity index (χ3n) is 3.97. The molecule has 0 amide bonds. The van der Waals surface area contributed by atoms with Crippen LogP contribution in [0.3, 0.4) is 0 Å². The highest BCUT2D eigenvalue weighted by molar-refractivity contribution is 5.54. The van der Waals surface area contributed by atoms with Crippen molar-refractivity contribution >= 4 is 5.69 Å². The van der Waals surface area contributed by atoms with Gasteiger partial charge in [0.05, 0.1) is 12.3 Å². The number of hydrogen-bond acceptors (Lipinski definition) is 3. The predicted octanol–water partition coefficient (Wildman–Crippen LogP) is 3.52. The fourth-order valence-electron chi connectivity index (χ4n) is 2.73. The van der Waals surface area contributed by atoms with E-state index in [1.54, 1.807) is 0 Å². The summed E-state index contributed by atoms with van der Waals surface area (Å²) in [6.45, 7) is 3.35. The molecule has 1 atom stereocenters. The summed E-state index contributed by atoms with van der Waals surface area (Å²) >= 11 is 0. The van der Waals surface area contributed by atoms with E-state index in [0.717, 1.165) is 25.2 Å². The number of rotatable bonds is 4. The Bertz CT molecular complexity index is 624. The monoisotopic (exact) mass is 283 g/mol. The second kappa shape index (κ2) is 6.19. The second-order valence-electron chi connectivity index (χ2n) is 5.34. The smallest absolute Gasteiger partial charge is 0.142 e. The van der Waals surface area contributed by atoms with E-state index in [1.165, 1.54) is 16.7 Å². The van der Waals surface area contributed by atoms with Crippen molar-refractivity contribution in [1.82, 2.24) is 0 Å². The molecule has 1 aliphatic heterocycles. The lowest BCUT2D eigenvalue weighted by atomic mass is 9.98. The Morgan fingerprint density at radius 3 is 2.90 bits per heavy atom. The van der Waals surface area contributed by atoms with Crippen LogP contribution >= 0.6 is 0 Å². The number of nitrogens with two attached hydrogens (primary N) is 1. The minimum atomic E-state index is -0.0137. The van der Waals surface area contributed by atoms with Gasteiger partial charge in [0.25, 0.3) is 0 Å². The summed E-state index contributed by atoms with van der Waals surface area (Å²) in [5.74, 6) is 0.735. The van der Waals surface area contributed by atoms with Crippen molar-refractivity contribution in [2.75, 3.05) is 18.9 Å². The van der Waals surface area contributed by atoms with Gasteiger partial charge >= 0.3 is 0 Å². The van der Waals surface area contributed by atoms with Crippen LogP contribution in [0.5, 0.6) is 5.75 Å². The molecule has 21 heavy (non-hydrogen) atoms. The summed E-state index contributed by atoms with van der Waals surface area (Å²) in [5.41, 5.74) is 10.5. The van der Waals surface area contributed by atoms with E-state index >= 15 is 0 Å². The van der Waals surface area contributed by atoms with Crippen LogP contribution in [-0.2, 0) is 17.6 Å². The molecule has 2 aromatic carbocycles. The average Bonchev–Trinajstić information content (AvgIpc) is 2.53. The molecule has 0 aliphatic carbocycles. The molecule has 1 aliphatic rings. The maximum absolute atomic E-state index is 6.04. The van der Waals surface area contributed by atoms with Gasteiger partial charge < -0.3 is 15.2 Å². The molecule has 0 aromatic heterocycles. The van der Waals surface area contributed by atoms with Crippen LogP contribution < -0.4 is 10.5 Å². The lowest BCUT2D eigenvalue weighted by Gasteiger charge is -2.26. The van der Waals surface area contributed by atoms with E-state index in [0.29, 0.717) is 12.3 Å². The normalized spacial score (nSPS) is 17.3. The average molecular weight is 283 g/mol. The summed E-state index contributed by atoms with van der Waals surface area (Å²) < 4.78 is 11.7. The maximum Gasteiger partial charge on any atom is 0.142 e. The topological polar surface area (TPSA) is 44.5 Å². The zero-order chi connectivity index (χ0) is 14.7. The standard InChI is InChI=1S/C18H21NO2/c1-2-13-7-8-17(16(19)11-13)21-12-18-15-6-4-3-5-14(15)9-10-20-18/h3-8,11,18H,2,9-10,12,19H2,1H3. The molecular formula is C18H21NO2. The van der Waals surface area contributed by atoms with Crippen LogP contribution in [-0.4, -0.2) is 13.2 Å². The van der Waals surface area contributed by atoms with Gasteiger partial charge in [0.1, 0.15) is 18.5 Å². The van der Waals surface area contributed by atoms with Gasteiger partial charge in [0.15, 0.2) is 0 Å². The minimum Gasteiger partial charge on any atom is -0.488 e. The summed E-state index contributed by atoms with van der Waals surface area (Å²) in [6, 6.07) is 14.4. The first-order chi connectivity index (χ1) is 10.3. The van der Waals surface area contributed by atoms with Crippen LogP contribution in [0.15, 0.2) is 42.5 Å². The zero-order valence-corrected chi connectivity index (χ0v) is 12.3. The van der Waals surface area contributed by atoms with Crippen molar-refractivity contribution < 1.29 is 9.47 Å². The number of nitrogen functional groups attached to an aromatic ring is 1. The molecule has 2 N–H and O–H groups in total. The molecule has 0 saturated carbocycles. The van der Waals surface area contributed by atoms with Crippen molar-refractivity contribution in [3.63, 3.8) is 0 Å². The Balaban J connectivity index is 1.71. The lowest BCUT2D eigenvalue weighted by molar-refractivity contribution is 0.0104. The molecule has 1 unspecified atom stereocenters. The van der Waals surface area contributed by atoms with Gasteiger partial charge in [-0.05, 0) is 41.7 Å². The second-order valence-corrected chi connectivity index (χ2v) is 5.34. The SMILES string of the molecule is CCc1ccc(OCC2OCCc3ccccc32)c(N)c1. The first-order valence-corrected chi connectivity index (χ1v) is 7.48. The number of fused-ring (bicyclic) bond motifs is 1. The quantitative estimate of drug-likeness (QED) is 0.873. The summed E-state index contributed by atoms with van der Waals surface area (Å²) in [7, 11) is 0. The van der Waals surface area contributed by atoms with Gasteiger partial charge in [-0.25, -0.2) is 0 Å². The number of benzene rings is 2. The molecular weight excluding hydrogens is 262 g/mol. The van der Waals surface area contributed by atoms with Gasteiger partial charge in [-0.3, -0.25) is 0 Å². The Morgan fingerprint density at radius 1 is 1.24 bits per heavy atom. The zero-order valence-electron chi connectivity index (χ0n) is 12.3. The number of anilines is 1. The van der Waals surface area contributed by atoms with E-state index in [4.69, 9.17) is 15.2 Å². The molecule has 0 radical (unpaired) electrons. The largest absolute Gasteiger partial charge is 0.488 e. The molecule has 2 aromatic rings.